The van der Waals surface area contributed by atoms with Gasteiger partial charge in [0.1, 0.15) is 5.82 Å². The second-order valence-corrected chi connectivity index (χ2v) is 6.38. The van der Waals surface area contributed by atoms with Gasteiger partial charge in [-0.15, -0.1) is 0 Å². The van der Waals surface area contributed by atoms with Gasteiger partial charge in [0.05, 0.1) is 0 Å². The van der Waals surface area contributed by atoms with Gasteiger partial charge in [0.25, 0.3) is 5.91 Å². The Morgan fingerprint density at radius 1 is 1.29 bits per heavy atom. The molecule has 0 atom stereocenters. The summed E-state index contributed by atoms with van der Waals surface area (Å²) in [7, 11) is 0. The van der Waals surface area contributed by atoms with Gasteiger partial charge in [-0.05, 0) is 68.8 Å². The first-order valence-corrected chi connectivity index (χ1v) is 7.92. The molecule has 1 aromatic rings. The number of halogens is 1. The van der Waals surface area contributed by atoms with Crippen molar-refractivity contribution in [1.82, 2.24) is 10.2 Å². The molecule has 1 aromatic carbocycles. The van der Waals surface area contributed by atoms with E-state index in [0.717, 1.165) is 38.4 Å². The average Bonchev–Trinajstić information content (AvgIpc) is 3.29. The Morgan fingerprint density at radius 3 is 2.62 bits per heavy atom. The molecule has 2 fully saturated rings. The van der Waals surface area contributed by atoms with Gasteiger partial charge in [0, 0.05) is 24.7 Å². The van der Waals surface area contributed by atoms with Crippen LogP contribution < -0.4 is 5.32 Å². The molecule has 114 valence electrons. The largest absolute Gasteiger partial charge is 0.339 e. The normalized spacial score (nSPS) is 19.8. The van der Waals surface area contributed by atoms with Crippen LogP contribution in [0.3, 0.4) is 0 Å². The second-order valence-electron chi connectivity index (χ2n) is 6.38. The molecule has 0 radical (unpaired) electrons. The zero-order chi connectivity index (χ0) is 14.8. The van der Waals surface area contributed by atoms with Crippen LogP contribution in [-0.4, -0.2) is 36.5 Å². The molecule has 4 heteroatoms. The lowest BCUT2D eigenvalue weighted by atomic mass is 10.0. The third kappa shape index (κ3) is 3.62. The van der Waals surface area contributed by atoms with Crippen LogP contribution in [0, 0.1) is 18.7 Å². The van der Waals surface area contributed by atoms with Crippen molar-refractivity contribution in [3.63, 3.8) is 0 Å². The highest BCUT2D eigenvalue weighted by atomic mass is 19.1. The summed E-state index contributed by atoms with van der Waals surface area (Å²) in [4.78, 5) is 14.4. The van der Waals surface area contributed by atoms with Gasteiger partial charge < -0.3 is 10.2 Å². The average molecular weight is 290 g/mol. The van der Waals surface area contributed by atoms with Gasteiger partial charge in [-0.3, -0.25) is 4.79 Å². The minimum Gasteiger partial charge on any atom is -0.339 e. The van der Waals surface area contributed by atoms with Crippen molar-refractivity contribution in [1.29, 1.82) is 0 Å². The van der Waals surface area contributed by atoms with Crippen LogP contribution >= 0.6 is 0 Å². The number of rotatable bonds is 4. The molecule has 1 saturated carbocycles. The van der Waals surface area contributed by atoms with Crippen molar-refractivity contribution in [2.45, 2.75) is 38.6 Å². The van der Waals surface area contributed by atoms with E-state index in [0.29, 0.717) is 17.2 Å². The first-order chi connectivity index (χ1) is 10.1. The van der Waals surface area contributed by atoms with Crippen LogP contribution in [-0.2, 0) is 0 Å². The summed E-state index contributed by atoms with van der Waals surface area (Å²) >= 11 is 0. The molecule has 3 rings (SSSR count). The topological polar surface area (TPSA) is 32.3 Å². The molecule has 21 heavy (non-hydrogen) atoms. The lowest BCUT2D eigenvalue weighted by molar-refractivity contribution is 0.0704. The Labute approximate surface area is 125 Å². The Bertz CT molecular complexity index is 520. The summed E-state index contributed by atoms with van der Waals surface area (Å²) in [5, 5.41) is 3.61. The minimum absolute atomic E-state index is 0.0353. The Kier molecular flexibility index (Phi) is 4.24. The molecule has 1 aliphatic heterocycles. The van der Waals surface area contributed by atoms with Crippen molar-refractivity contribution in [2.24, 2.45) is 5.92 Å². The second kappa shape index (κ2) is 6.14. The maximum atomic E-state index is 13.1. The van der Waals surface area contributed by atoms with E-state index < -0.39 is 0 Å². The molecular formula is C17H23FN2O. The van der Waals surface area contributed by atoms with Crippen LogP contribution in [0.4, 0.5) is 4.39 Å². The Morgan fingerprint density at radius 2 is 2.00 bits per heavy atom. The van der Waals surface area contributed by atoms with Crippen LogP contribution in [0.1, 0.15) is 41.6 Å². The molecule has 1 aliphatic carbocycles. The first-order valence-electron chi connectivity index (χ1n) is 7.92. The molecule has 0 aromatic heterocycles. The fourth-order valence-corrected chi connectivity index (χ4v) is 2.98. The summed E-state index contributed by atoms with van der Waals surface area (Å²) in [5.74, 6) is 0.645. The zero-order valence-corrected chi connectivity index (χ0v) is 12.6. The van der Waals surface area contributed by atoms with Crippen LogP contribution in [0.25, 0.3) is 0 Å². The number of aryl methyl sites for hydroxylation is 1. The number of nitrogens with zero attached hydrogens (tertiary/aromatic N) is 1. The smallest absolute Gasteiger partial charge is 0.254 e. The van der Waals surface area contributed by atoms with Crippen LogP contribution in [0.2, 0.25) is 0 Å². The summed E-state index contributed by atoms with van der Waals surface area (Å²) < 4.78 is 13.1. The number of carbonyl (C=O) groups is 1. The molecule has 0 spiro atoms. The van der Waals surface area contributed by atoms with Gasteiger partial charge in [-0.2, -0.15) is 0 Å². The molecule has 3 nitrogen and oxygen atoms in total. The van der Waals surface area contributed by atoms with Gasteiger partial charge in [0.2, 0.25) is 0 Å². The minimum atomic E-state index is -0.285. The monoisotopic (exact) mass is 290 g/mol. The number of piperidine rings is 1. The first kappa shape index (κ1) is 14.5. The predicted octanol–water partition coefficient (Wildman–Crippen LogP) is 2.74. The molecule has 1 heterocycles. The summed E-state index contributed by atoms with van der Waals surface area (Å²) in [6.07, 6.45) is 4.76. The van der Waals surface area contributed by atoms with E-state index in [1.165, 1.54) is 25.0 Å². The molecule has 1 amide bonds. The van der Waals surface area contributed by atoms with Crippen molar-refractivity contribution in [2.75, 3.05) is 19.6 Å². The standard InChI is InChI=1S/C17H23FN2O/c1-12-10-14(18)4-5-16(12)17(21)20-8-6-15(7-9-20)19-11-13-2-3-13/h4-5,10,13,15,19H,2-3,6-9,11H2,1H3. The zero-order valence-electron chi connectivity index (χ0n) is 12.6. The highest BCUT2D eigenvalue weighted by Gasteiger charge is 2.26. The van der Waals surface area contributed by atoms with E-state index in [1.807, 2.05) is 4.90 Å². The summed E-state index contributed by atoms with van der Waals surface area (Å²) in [6, 6.07) is 4.94. The number of amides is 1. The number of carbonyl (C=O) groups excluding carboxylic acids is 1. The number of benzene rings is 1. The molecule has 1 N–H and O–H groups in total. The van der Waals surface area contributed by atoms with Crippen molar-refractivity contribution in [3.8, 4) is 0 Å². The Hall–Kier alpha value is -1.42. The summed E-state index contributed by atoms with van der Waals surface area (Å²) in [5.41, 5.74) is 1.34. The van der Waals surface area contributed by atoms with E-state index in [2.05, 4.69) is 5.32 Å². The number of hydrogen-bond donors (Lipinski definition) is 1. The molecule has 0 bridgehead atoms. The highest BCUT2D eigenvalue weighted by Crippen LogP contribution is 2.28. The number of likely N-dealkylation sites (tertiary alicyclic amines) is 1. The van der Waals surface area contributed by atoms with Crippen molar-refractivity contribution in [3.05, 3.63) is 35.1 Å². The van der Waals surface area contributed by atoms with E-state index in [-0.39, 0.29) is 11.7 Å². The summed E-state index contributed by atoms with van der Waals surface area (Å²) in [6.45, 7) is 4.51. The van der Waals surface area contributed by atoms with Crippen LogP contribution in [0.5, 0.6) is 0 Å². The number of nitrogens with one attached hydrogen (secondary N) is 1. The SMILES string of the molecule is Cc1cc(F)ccc1C(=O)N1CCC(NCC2CC2)CC1. The molecule has 0 unspecified atom stereocenters. The Balaban J connectivity index is 1.54. The van der Waals surface area contributed by atoms with Gasteiger partial charge in [0.15, 0.2) is 0 Å². The van der Waals surface area contributed by atoms with Gasteiger partial charge in [-0.25, -0.2) is 4.39 Å². The quantitative estimate of drug-likeness (QED) is 0.925. The lowest BCUT2D eigenvalue weighted by Gasteiger charge is -2.33. The maximum absolute atomic E-state index is 13.1. The molecular weight excluding hydrogens is 267 g/mol. The van der Waals surface area contributed by atoms with E-state index >= 15 is 0 Å². The third-order valence-electron chi connectivity index (χ3n) is 4.59. The highest BCUT2D eigenvalue weighted by molar-refractivity contribution is 5.95. The van der Waals surface area contributed by atoms with Crippen LogP contribution in [0.15, 0.2) is 18.2 Å². The third-order valence-corrected chi connectivity index (χ3v) is 4.59. The lowest BCUT2D eigenvalue weighted by Crippen LogP contribution is -2.45. The maximum Gasteiger partial charge on any atom is 0.254 e. The fourth-order valence-electron chi connectivity index (χ4n) is 2.98. The molecule has 2 aliphatic rings. The van der Waals surface area contributed by atoms with Crippen molar-refractivity contribution >= 4 is 5.91 Å². The number of hydrogen-bond acceptors (Lipinski definition) is 2. The van der Waals surface area contributed by atoms with Crippen molar-refractivity contribution < 1.29 is 9.18 Å². The van der Waals surface area contributed by atoms with E-state index in [9.17, 15) is 9.18 Å². The van der Waals surface area contributed by atoms with Gasteiger partial charge >= 0.3 is 0 Å². The fraction of sp³-hybridized carbons (Fsp3) is 0.588. The van der Waals surface area contributed by atoms with E-state index in [1.54, 1.807) is 13.0 Å². The van der Waals surface area contributed by atoms with Gasteiger partial charge in [-0.1, -0.05) is 0 Å². The van der Waals surface area contributed by atoms with E-state index in [4.69, 9.17) is 0 Å². The predicted molar refractivity (Wildman–Crippen MR) is 80.8 cm³/mol. The molecule has 1 saturated heterocycles.